The molecule has 0 aliphatic rings. The van der Waals surface area contributed by atoms with Gasteiger partial charge in [0.25, 0.3) is 0 Å². The summed E-state index contributed by atoms with van der Waals surface area (Å²) < 4.78 is 24.4. The summed E-state index contributed by atoms with van der Waals surface area (Å²) in [5, 5.41) is 0.655. The molecule has 0 spiro atoms. The minimum Gasteiger partial charge on any atom is -0.364 e. The fourth-order valence-electron chi connectivity index (χ4n) is 2.79. The van der Waals surface area contributed by atoms with E-state index in [-0.39, 0.29) is 13.2 Å². The third kappa shape index (κ3) is 4.95. The Labute approximate surface area is 160 Å². The van der Waals surface area contributed by atoms with Gasteiger partial charge in [-0.15, -0.1) is 0 Å². The first-order valence-electron chi connectivity index (χ1n) is 8.43. The van der Waals surface area contributed by atoms with Crippen LogP contribution in [-0.2, 0) is 19.4 Å². The zero-order valence-corrected chi connectivity index (χ0v) is 16.9. The average Bonchev–Trinajstić information content (AvgIpc) is 2.66. The van der Waals surface area contributed by atoms with Crippen LogP contribution in [0.3, 0.4) is 0 Å². The molecule has 7 heteroatoms. The first-order valence-corrected chi connectivity index (χ1v) is 10.3. The molecular weight excluding hydrogens is 373 g/mol. The number of hydrogen-bond donors (Lipinski definition) is 1. The largest absolute Gasteiger partial charge is 0.405 e. The predicted octanol–water partition coefficient (Wildman–Crippen LogP) is 4.69. The summed E-state index contributed by atoms with van der Waals surface area (Å²) in [4.78, 5) is 9.87. The van der Waals surface area contributed by atoms with Crippen molar-refractivity contribution in [2.45, 2.75) is 19.4 Å². The lowest BCUT2D eigenvalue weighted by atomic mass is 9.88. The SMILES string of the molecule is CCN(CCOC(C)(c1ccccc1)c1ccc(Cl)cc1)P(=O)(O)OC. The molecule has 0 amide bonds. The summed E-state index contributed by atoms with van der Waals surface area (Å²) >= 11 is 6.02. The molecule has 1 N–H and O–H groups in total. The lowest BCUT2D eigenvalue weighted by Gasteiger charge is -2.33. The summed E-state index contributed by atoms with van der Waals surface area (Å²) in [6.45, 7) is 4.70. The van der Waals surface area contributed by atoms with Crippen molar-refractivity contribution in [3.8, 4) is 0 Å². The summed E-state index contributed by atoms with van der Waals surface area (Å²) in [5.41, 5.74) is 1.23. The fourth-order valence-corrected chi connectivity index (χ4v) is 3.84. The van der Waals surface area contributed by atoms with Gasteiger partial charge in [0.1, 0.15) is 5.60 Å². The van der Waals surface area contributed by atoms with Crippen molar-refractivity contribution in [2.24, 2.45) is 0 Å². The Balaban J connectivity index is 2.23. The Kier molecular flexibility index (Phi) is 7.42. The standard InChI is InChI=1S/C19H25ClNO4P/c1-4-21(26(22,23)24-3)14-15-25-19(2,16-8-6-5-7-9-16)17-10-12-18(20)13-11-17/h5-13H,4,14-15H2,1-3H3,(H,22,23). The number of benzene rings is 2. The maximum atomic E-state index is 12.0. The quantitative estimate of drug-likeness (QED) is 0.622. The predicted molar refractivity (Wildman–Crippen MR) is 104 cm³/mol. The molecule has 0 heterocycles. The van der Waals surface area contributed by atoms with Gasteiger partial charge in [0.05, 0.1) is 6.61 Å². The van der Waals surface area contributed by atoms with Crippen LogP contribution in [0.1, 0.15) is 25.0 Å². The number of hydrogen-bond acceptors (Lipinski definition) is 3. The molecule has 2 unspecified atom stereocenters. The second-order valence-electron chi connectivity index (χ2n) is 5.97. The van der Waals surface area contributed by atoms with E-state index < -0.39 is 13.3 Å². The highest BCUT2D eigenvalue weighted by Crippen LogP contribution is 2.45. The molecular formula is C19H25ClNO4P. The molecule has 0 saturated carbocycles. The molecule has 2 atom stereocenters. The maximum absolute atomic E-state index is 12.0. The first kappa shape index (κ1) is 21.1. The fraction of sp³-hybridized carbons (Fsp3) is 0.368. The van der Waals surface area contributed by atoms with Crippen molar-refractivity contribution in [1.82, 2.24) is 4.67 Å². The van der Waals surface area contributed by atoms with Gasteiger partial charge >= 0.3 is 7.75 Å². The molecule has 0 aliphatic heterocycles. The Morgan fingerprint density at radius 1 is 1.12 bits per heavy atom. The van der Waals surface area contributed by atoms with Crippen LogP contribution in [0.4, 0.5) is 0 Å². The van der Waals surface area contributed by atoms with Gasteiger partial charge in [-0.3, -0.25) is 0 Å². The van der Waals surface area contributed by atoms with E-state index in [2.05, 4.69) is 0 Å². The number of nitrogens with zero attached hydrogens (tertiary/aromatic N) is 1. The van der Waals surface area contributed by atoms with Crippen LogP contribution in [0.5, 0.6) is 0 Å². The number of halogens is 1. The van der Waals surface area contributed by atoms with E-state index in [1.807, 2.05) is 61.5 Å². The molecule has 0 radical (unpaired) electrons. The topological polar surface area (TPSA) is 59.0 Å². The molecule has 0 bridgehead atoms. The van der Waals surface area contributed by atoms with Gasteiger partial charge in [0, 0.05) is 25.2 Å². The van der Waals surface area contributed by atoms with E-state index >= 15 is 0 Å². The zero-order chi connectivity index (χ0) is 19.2. The molecule has 0 fully saturated rings. The molecule has 0 saturated heterocycles. The molecule has 26 heavy (non-hydrogen) atoms. The molecule has 0 aromatic heterocycles. The summed E-state index contributed by atoms with van der Waals surface area (Å²) in [7, 11) is -2.55. The van der Waals surface area contributed by atoms with Gasteiger partial charge in [0.2, 0.25) is 0 Å². The Bertz CT molecular complexity index is 741. The van der Waals surface area contributed by atoms with E-state index in [0.717, 1.165) is 11.1 Å². The van der Waals surface area contributed by atoms with Gasteiger partial charge in [0.15, 0.2) is 0 Å². The second-order valence-corrected chi connectivity index (χ2v) is 8.32. The highest BCUT2D eigenvalue weighted by Gasteiger charge is 2.32. The maximum Gasteiger partial charge on any atom is 0.405 e. The van der Waals surface area contributed by atoms with E-state index in [4.69, 9.17) is 20.9 Å². The minimum atomic E-state index is -3.78. The molecule has 2 aromatic carbocycles. The third-order valence-electron chi connectivity index (χ3n) is 4.42. The van der Waals surface area contributed by atoms with Gasteiger partial charge in [-0.1, -0.05) is 61.0 Å². The van der Waals surface area contributed by atoms with Crippen LogP contribution in [0.25, 0.3) is 0 Å². The lowest BCUT2D eigenvalue weighted by Crippen LogP contribution is -2.32. The van der Waals surface area contributed by atoms with Gasteiger partial charge < -0.3 is 14.2 Å². The van der Waals surface area contributed by atoms with Gasteiger partial charge in [-0.25, -0.2) is 9.24 Å². The number of ether oxygens (including phenoxy) is 1. The van der Waals surface area contributed by atoms with E-state index in [9.17, 15) is 9.46 Å². The Hall–Kier alpha value is -1.20. The third-order valence-corrected chi connectivity index (χ3v) is 6.35. The first-order chi connectivity index (χ1) is 12.3. The van der Waals surface area contributed by atoms with Crippen molar-refractivity contribution in [3.63, 3.8) is 0 Å². The van der Waals surface area contributed by atoms with E-state index in [0.29, 0.717) is 11.6 Å². The molecule has 0 aliphatic carbocycles. The van der Waals surface area contributed by atoms with Crippen molar-refractivity contribution < 1.29 is 18.7 Å². The van der Waals surface area contributed by atoms with Crippen LogP contribution in [0.2, 0.25) is 5.02 Å². The van der Waals surface area contributed by atoms with Crippen LogP contribution >= 0.6 is 19.3 Å². The minimum absolute atomic E-state index is 0.260. The highest BCUT2D eigenvalue weighted by molar-refractivity contribution is 7.50. The zero-order valence-electron chi connectivity index (χ0n) is 15.3. The Morgan fingerprint density at radius 3 is 2.23 bits per heavy atom. The molecule has 5 nitrogen and oxygen atoms in total. The van der Waals surface area contributed by atoms with Crippen molar-refractivity contribution in [3.05, 3.63) is 70.7 Å². The normalized spacial score (nSPS) is 16.2. The van der Waals surface area contributed by atoms with Crippen LogP contribution in [0.15, 0.2) is 54.6 Å². The van der Waals surface area contributed by atoms with Crippen molar-refractivity contribution >= 4 is 19.3 Å². The second kappa shape index (κ2) is 9.14. The molecule has 2 rings (SSSR count). The van der Waals surface area contributed by atoms with Crippen molar-refractivity contribution in [1.29, 1.82) is 0 Å². The van der Waals surface area contributed by atoms with E-state index in [1.54, 1.807) is 6.92 Å². The van der Waals surface area contributed by atoms with Gasteiger partial charge in [-0.2, -0.15) is 0 Å². The average molecular weight is 398 g/mol. The smallest absolute Gasteiger partial charge is 0.364 e. The van der Waals surface area contributed by atoms with Gasteiger partial charge in [-0.05, 0) is 30.2 Å². The summed E-state index contributed by atoms with van der Waals surface area (Å²) in [5.74, 6) is 0. The van der Waals surface area contributed by atoms with Crippen LogP contribution in [-0.4, -0.2) is 36.4 Å². The summed E-state index contributed by atoms with van der Waals surface area (Å²) in [6, 6.07) is 17.4. The lowest BCUT2D eigenvalue weighted by molar-refractivity contribution is -0.00961. The molecule has 142 valence electrons. The monoisotopic (exact) mass is 397 g/mol. The summed E-state index contributed by atoms with van der Waals surface area (Å²) in [6.07, 6.45) is 0. The highest BCUT2D eigenvalue weighted by atomic mass is 35.5. The van der Waals surface area contributed by atoms with E-state index in [1.165, 1.54) is 11.8 Å². The van der Waals surface area contributed by atoms with Crippen molar-refractivity contribution in [2.75, 3.05) is 26.8 Å². The Morgan fingerprint density at radius 2 is 1.69 bits per heavy atom. The van der Waals surface area contributed by atoms with Crippen LogP contribution < -0.4 is 0 Å². The number of rotatable bonds is 9. The molecule has 2 aromatic rings. The van der Waals surface area contributed by atoms with Crippen LogP contribution in [0, 0.1) is 0 Å². The number of likely N-dealkylation sites (N-methyl/N-ethyl adjacent to an activating group) is 1.